The first-order valence-electron chi connectivity index (χ1n) is 9.76. The van der Waals surface area contributed by atoms with Gasteiger partial charge in [0, 0.05) is 18.5 Å². The lowest BCUT2D eigenvalue weighted by molar-refractivity contribution is 0.273. The third kappa shape index (κ3) is 4.72. The van der Waals surface area contributed by atoms with Crippen LogP contribution in [0.5, 0.6) is 0 Å². The normalized spacial score (nSPS) is 15.1. The Morgan fingerprint density at radius 1 is 0.929 bits per heavy atom. The average Bonchev–Trinajstić information content (AvgIpc) is 2.74. The van der Waals surface area contributed by atoms with Crippen LogP contribution >= 0.6 is 12.4 Å². The molecular weight excluding hydrogens is 372 g/mol. The van der Waals surface area contributed by atoms with Crippen LogP contribution in [0.1, 0.15) is 24.8 Å². The zero-order chi connectivity index (χ0) is 18.5. The summed E-state index contributed by atoms with van der Waals surface area (Å²) >= 11 is 0. The highest BCUT2D eigenvalue weighted by molar-refractivity contribution is 5.90. The Balaban J connectivity index is 0.00000225. The number of nitrogens with zero attached hydrogens (tertiary/aromatic N) is 3. The minimum atomic E-state index is -0.0973. The molecule has 0 amide bonds. The van der Waals surface area contributed by atoms with Crippen LogP contribution in [0.2, 0.25) is 0 Å². The molecule has 2 N–H and O–H groups in total. The van der Waals surface area contributed by atoms with Gasteiger partial charge in [-0.15, -0.1) is 12.4 Å². The number of hydrogen-bond acceptors (Lipinski definition) is 5. The van der Waals surface area contributed by atoms with Gasteiger partial charge in [-0.1, -0.05) is 42.5 Å². The molecular formula is C22H27ClN4O. The second kappa shape index (κ2) is 9.71. The fraction of sp³-hybridized carbons (Fsp3) is 0.364. The molecule has 0 spiro atoms. The van der Waals surface area contributed by atoms with Crippen LogP contribution in [0.3, 0.4) is 0 Å². The zero-order valence-electron chi connectivity index (χ0n) is 15.9. The minimum absolute atomic E-state index is 0. The molecule has 1 atom stereocenters. The van der Waals surface area contributed by atoms with Gasteiger partial charge in [-0.25, -0.2) is 4.98 Å². The van der Waals surface area contributed by atoms with E-state index in [0.29, 0.717) is 0 Å². The summed E-state index contributed by atoms with van der Waals surface area (Å²) in [5.41, 5.74) is 2.13. The Morgan fingerprint density at radius 2 is 1.64 bits per heavy atom. The van der Waals surface area contributed by atoms with Crippen LogP contribution in [0.25, 0.3) is 10.9 Å². The van der Waals surface area contributed by atoms with Crippen molar-refractivity contribution in [3.63, 3.8) is 0 Å². The lowest BCUT2D eigenvalue weighted by atomic mass is 10.1. The summed E-state index contributed by atoms with van der Waals surface area (Å²) in [6.45, 7) is 2.06. The number of para-hydroxylation sites is 1. The van der Waals surface area contributed by atoms with Crippen molar-refractivity contribution in [3.8, 4) is 0 Å². The molecule has 0 bridgehead atoms. The van der Waals surface area contributed by atoms with E-state index in [-0.39, 0.29) is 25.1 Å². The van der Waals surface area contributed by atoms with Crippen molar-refractivity contribution in [1.29, 1.82) is 0 Å². The summed E-state index contributed by atoms with van der Waals surface area (Å²) in [6.07, 6.45) is 4.39. The van der Waals surface area contributed by atoms with Gasteiger partial charge in [-0.2, -0.15) is 4.98 Å². The molecule has 3 aromatic rings. The molecule has 4 rings (SSSR count). The summed E-state index contributed by atoms with van der Waals surface area (Å²) in [7, 11) is 0. The summed E-state index contributed by atoms with van der Waals surface area (Å²) in [4.78, 5) is 11.9. The Morgan fingerprint density at radius 3 is 2.39 bits per heavy atom. The van der Waals surface area contributed by atoms with E-state index >= 15 is 0 Å². The molecule has 2 aromatic carbocycles. The number of aliphatic hydroxyl groups excluding tert-OH is 1. The quantitative estimate of drug-likeness (QED) is 0.655. The summed E-state index contributed by atoms with van der Waals surface area (Å²) in [5, 5.41) is 14.4. The second-order valence-corrected chi connectivity index (χ2v) is 7.15. The highest BCUT2D eigenvalue weighted by Crippen LogP contribution is 2.26. The molecule has 5 nitrogen and oxygen atoms in total. The van der Waals surface area contributed by atoms with Crippen molar-refractivity contribution in [2.75, 3.05) is 29.9 Å². The minimum Gasteiger partial charge on any atom is -0.394 e. The number of nitrogens with one attached hydrogen (secondary N) is 1. The Kier molecular flexibility index (Phi) is 7.06. The van der Waals surface area contributed by atoms with Gasteiger partial charge in [0.1, 0.15) is 5.82 Å². The molecule has 2 heterocycles. The third-order valence-electron chi connectivity index (χ3n) is 5.12. The van der Waals surface area contributed by atoms with Crippen LogP contribution in [-0.2, 0) is 6.42 Å². The van der Waals surface area contributed by atoms with Crippen molar-refractivity contribution in [3.05, 3.63) is 60.2 Å². The van der Waals surface area contributed by atoms with E-state index in [4.69, 9.17) is 9.97 Å². The Hall–Kier alpha value is -2.37. The molecule has 1 fully saturated rings. The van der Waals surface area contributed by atoms with Crippen LogP contribution in [0.4, 0.5) is 11.8 Å². The average molecular weight is 399 g/mol. The largest absolute Gasteiger partial charge is 0.394 e. The number of aromatic nitrogens is 2. The fourth-order valence-electron chi connectivity index (χ4n) is 3.66. The predicted octanol–water partition coefficient (Wildman–Crippen LogP) is 4.06. The maximum Gasteiger partial charge on any atom is 0.227 e. The highest BCUT2D eigenvalue weighted by atomic mass is 35.5. The second-order valence-electron chi connectivity index (χ2n) is 7.15. The molecule has 0 radical (unpaired) electrons. The number of aliphatic hydroxyl groups is 1. The fourth-order valence-corrected chi connectivity index (χ4v) is 3.66. The maximum absolute atomic E-state index is 9.92. The van der Waals surface area contributed by atoms with Crippen molar-refractivity contribution >= 4 is 35.1 Å². The van der Waals surface area contributed by atoms with Crippen molar-refractivity contribution in [1.82, 2.24) is 9.97 Å². The van der Waals surface area contributed by atoms with E-state index in [9.17, 15) is 5.11 Å². The Bertz CT molecular complexity index is 884. The third-order valence-corrected chi connectivity index (χ3v) is 5.12. The summed E-state index contributed by atoms with van der Waals surface area (Å²) < 4.78 is 0. The number of rotatable bonds is 6. The van der Waals surface area contributed by atoms with Gasteiger partial charge in [-0.05, 0) is 43.4 Å². The van der Waals surface area contributed by atoms with Crippen molar-refractivity contribution < 1.29 is 5.11 Å². The van der Waals surface area contributed by atoms with E-state index in [2.05, 4.69) is 22.3 Å². The van der Waals surface area contributed by atoms with Gasteiger partial charge >= 0.3 is 0 Å². The maximum atomic E-state index is 9.92. The first kappa shape index (κ1) is 20.4. The lowest BCUT2D eigenvalue weighted by Crippen LogP contribution is -2.32. The van der Waals surface area contributed by atoms with Gasteiger partial charge in [0.25, 0.3) is 0 Å². The van der Waals surface area contributed by atoms with E-state index in [1.54, 1.807) is 0 Å². The number of piperidine rings is 1. The molecule has 28 heavy (non-hydrogen) atoms. The van der Waals surface area contributed by atoms with Crippen LogP contribution in [-0.4, -0.2) is 40.8 Å². The molecule has 0 aliphatic carbocycles. The molecule has 1 aromatic heterocycles. The molecule has 0 saturated carbocycles. The predicted molar refractivity (Wildman–Crippen MR) is 117 cm³/mol. The zero-order valence-corrected chi connectivity index (χ0v) is 16.7. The van der Waals surface area contributed by atoms with Gasteiger partial charge in [0.15, 0.2) is 0 Å². The number of fused-ring (bicyclic) bond motifs is 1. The highest BCUT2D eigenvalue weighted by Gasteiger charge is 2.18. The Labute approximate surface area is 172 Å². The number of anilines is 2. The van der Waals surface area contributed by atoms with E-state index in [0.717, 1.165) is 42.2 Å². The number of hydrogen-bond donors (Lipinski definition) is 2. The number of halogens is 1. The molecule has 1 aliphatic rings. The summed E-state index contributed by atoms with van der Waals surface area (Å²) in [6, 6.07) is 18.2. The van der Waals surface area contributed by atoms with Crippen LogP contribution < -0.4 is 10.2 Å². The monoisotopic (exact) mass is 398 g/mol. The van der Waals surface area contributed by atoms with E-state index < -0.39 is 0 Å². The van der Waals surface area contributed by atoms with E-state index in [1.165, 1.54) is 24.8 Å². The molecule has 6 heteroatoms. The lowest BCUT2D eigenvalue weighted by Gasteiger charge is -2.27. The van der Waals surface area contributed by atoms with Gasteiger partial charge in [-0.3, -0.25) is 0 Å². The SMILES string of the molecule is Cl.OCC(Cc1ccccc1)Nc1nc(N2CCCCC2)nc2ccccc12. The van der Waals surface area contributed by atoms with Crippen LogP contribution in [0.15, 0.2) is 54.6 Å². The van der Waals surface area contributed by atoms with Crippen LogP contribution in [0, 0.1) is 0 Å². The van der Waals surface area contributed by atoms with E-state index in [1.807, 2.05) is 42.5 Å². The van der Waals surface area contributed by atoms with Gasteiger partial charge in [0.05, 0.1) is 18.2 Å². The smallest absolute Gasteiger partial charge is 0.227 e. The molecule has 1 unspecified atom stereocenters. The number of benzene rings is 2. The van der Waals surface area contributed by atoms with Crippen molar-refractivity contribution in [2.45, 2.75) is 31.7 Å². The first-order chi connectivity index (χ1) is 13.3. The molecule has 148 valence electrons. The van der Waals surface area contributed by atoms with Gasteiger partial charge in [0.2, 0.25) is 5.95 Å². The first-order valence-corrected chi connectivity index (χ1v) is 9.76. The van der Waals surface area contributed by atoms with Gasteiger partial charge < -0.3 is 15.3 Å². The molecule has 1 aliphatic heterocycles. The molecule has 1 saturated heterocycles. The van der Waals surface area contributed by atoms with Crippen molar-refractivity contribution in [2.24, 2.45) is 0 Å². The topological polar surface area (TPSA) is 61.3 Å². The summed E-state index contributed by atoms with van der Waals surface area (Å²) in [5.74, 6) is 1.59. The standard InChI is InChI=1S/C22H26N4O.ClH/c27-16-18(15-17-9-3-1-4-10-17)23-21-19-11-5-6-12-20(19)24-22(25-21)26-13-7-2-8-14-26;/h1,3-6,9-12,18,27H,2,7-8,13-16H2,(H,23,24,25);1H.